The lowest BCUT2D eigenvalue weighted by atomic mass is 9.91. The number of hydrogen-bond acceptors (Lipinski definition) is 2. The van der Waals surface area contributed by atoms with Gasteiger partial charge < -0.3 is 9.88 Å². The normalized spacial score (nSPS) is 11.8. The number of rotatable bonds is 4. The molecule has 0 bridgehead atoms. The van der Waals surface area contributed by atoms with E-state index in [1.54, 1.807) is 4.68 Å². The van der Waals surface area contributed by atoms with Gasteiger partial charge in [-0.3, -0.25) is 9.48 Å². The van der Waals surface area contributed by atoms with Crippen molar-refractivity contribution >= 4 is 11.7 Å². The summed E-state index contributed by atoms with van der Waals surface area (Å²) in [6, 6.07) is 3.91. The van der Waals surface area contributed by atoms with Gasteiger partial charge in [0.2, 0.25) is 0 Å². The van der Waals surface area contributed by atoms with Gasteiger partial charge in [0.15, 0.2) is 0 Å². The third-order valence-electron chi connectivity index (χ3n) is 4.02. The molecule has 0 fully saturated rings. The second kappa shape index (κ2) is 6.22. The summed E-state index contributed by atoms with van der Waals surface area (Å²) in [6.45, 7) is 13.5. The average Bonchev–Trinajstić information content (AvgIpc) is 2.88. The predicted octanol–water partition coefficient (Wildman–Crippen LogP) is 3.70. The molecule has 0 aliphatic carbocycles. The van der Waals surface area contributed by atoms with Gasteiger partial charge in [-0.05, 0) is 38.7 Å². The highest BCUT2D eigenvalue weighted by atomic mass is 16.1. The second-order valence-electron chi connectivity index (χ2n) is 7.37. The summed E-state index contributed by atoms with van der Waals surface area (Å²) in [6.07, 6.45) is 0.876. The Bertz CT molecular complexity index is 716. The number of aromatic nitrogens is 3. The van der Waals surface area contributed by atoms with Crippen molar-refractivity contribution in [3.05, 3.63) is 34.8 Å². The molecular formula is C18H28N4O. The summed E-state index contributed by atoms with van der Waals surface area (Å²) in [7, 11) is 1.86. The number of carbonyl (C=O) groups is 1. The summed E-state index contributed by atoms with van der Waals surface area (Å²) in [5.74, 6) is 0.652. The minimum Gasteiger partial charge on any atom is -0.349 e. The molecular weight excluding hydrogens is 288 g/mol. The summed E-state index contributed by atoms with van der Waals surface area (Å²) in [4.78, 5) is 12.6. The van der Waals surface area contributed by atoms with E-state index >= 15 is 0 Å². The van der Waals surface area contributed by atoms with E-state index in [1.165, 1.54) is 0 Å². The molecule has 0 radical (unpaired) electrons. The maximum Gasteiger partial charge on any atom is 0.258 e. The lowest BCUT2D eigenvalue weighted by Crippen LogP contribution is -2.15. The van der Waals surface area contributed by atoms with Crippen LogP contribution in [-0.2, 0) is 20.0 Å². The highest BCUT2D eigenvalue weighted by molar-refractivity contribution is 6.04. The van der Waals surface area contributed by atoms with Gasteiger partial charge in [-0.1, -0.05) is 20.8 Å². The number of nitrogens with zero attached hydrogens (tertiary/aromatic N) is 3. The summed E-state index contributed by atoms with van der Waals surface area (Å²) in [5.41, 5.74) is 3.99. The summed E-state index contributed by atoms with van der Waals surface area (Å²) >= 11 is 0. The Hall–Kier alpha value is -2.04. The van der Waals surface area contributed by atoms with Gasteiger partial charge in [-0.15, -0.1) is 0 Å². The van der Waals surface area contributed by atoms with Crippen LogP contribution in [-0.4, -0.2) is 20.3 Å². The SMILES string of the molecule is CCn1c(C)cc(C(=O)Nc2cc(CC(C)(C)C)nn2C)c1C. The van der Waals surface area contributed by atoms with Crippen LogP contribution in [0.5, 0.6) is 0 Å². The molecule has 0 saturated carbocycles. The maximum absolute atomic E-state index is 12.6. The Balaban J connectivity index is 2.21. The Morgan fingerprint density at radius 2 is 1.91 bits per heavy atom. The fourth-order valence-electron chi connectivity index (χ4n) is 2.97. The number of aryl methyl sites for hydroxylation is 2. The van der Waals surface area contributed by atoms with Crippen LogP contribution in [0.25, 0.3) is 0 Å². The minimum atomic E-state index is -0.0805. The molecule has 0 unspecified atom stereocenters. The van der Waals surface area contributed by atoms with Crippen LogP contribution in [0.1, 0.15) is 55.1 Å². The molecule has 5 nitrogen and oxygen atoms in total. The van der Waals surface area contributed by atoms with Crippen LogP contribution in [0, 0.1) is 19.3 Å². The third kappa shape index (κ3) is 3.84. The molecule has 0 saturated heterocycles. The zero-order chi connectivity index (χ0) is 17.4. The van der Waals surface area contributed by atoms with Gasteiger partial charge in [0.25, 0.3) is 5.91 Å². The quantitative estimate of drug-likeness (QED) is 0.935. The van der Waals surface area contributed by atoms with Crippen molar-refractivity contribution < 1.29 is 4.79 Å². The lowest BCUT2D eigenvalue weighted by molar-refractivity contribution is 0.102. The van der Waals surface area contributed by atoms with E-state index in [9.17, 15) is 4.79 Å². The van der Waals surface area contributed by atoms with Crippen LogP contribution in [0.3, 0.4) is 0 Å². The fraction of sp³-hybridized carbons (Fsp3) is 0.556. The Morgan fingerprint density at radius 1 is 1.26 bits per heavy atom. The van der Waals surface area contributed by atoms with Crippen molar-refractivity contribution in [1.82, 2.24) is 14.3 Å². The molecule has 5 heteroatoms. The van der Waals surface area contributed by atoms with Gasteiger partial charge in [0, 0.05) is 31.0 Å². The van der Waals surface area contributed by atoms with Gasteiger partial charge in [0.1, 0.15) is 5.82 Å². The van der Waals surface area contributed by atoms with Crippen molar-refractivity contribution in [2.45, 2.75) is 54.5 Å². The standard InChI is InChI=1S/C18H28N4O/c1-8-22-12(2)9-15(13(22)3)17(23)19-16-10-14(20-21(16)7)11-18(4,5)6/h9-10H,8,11H2,1-7H3,(H,19,23). The molecule has 0 aliphatic rings. The molecule has 1 N–H and O–H groups in total. The highest BCUT2D eigenvalue weighted by Gasteiger charge is 2.18. The first kappa shape index (κ1) is 17.3. The van der Waals surface area contributed by atoms with Gasteiger partial charge in [-0.25, -0.2) is 0 Å². The molecule has 2 aromatic heterocycles. The molecule has 2 heterocycles. The van der Waals surface area contributed by atoms with Crippen molar-refractivity contribution in [3.8, 4) is 0 Å². The predicted molar refractivity (Wildman–Crippen MR) is 93.9 cm³/mol. The summed E-state index contributed by atoms with van der Waals surface area (Å²) in [5, 5.41) is 7.49. The van der Waals surface area contributed by atoms with Crippen LogP contribution in [0.2, 0.25) is 0 Å². The number of amides is 1. The second-order valence-corrected chi connectivity index (χ2v) is 7.37. The molecule has 23 heavy (non-hydrogen) atoms. The molecule has 2 aromatic rings. The van der Waals surface area contributed by atoms with Crippen LogP contribution in [0.4, 0.5) is 5.82 Å². The van der Waals surface area contributed by atoms with E-state index in [2.05, 4.69) is 42.7 Å². The van der Waals surface area contributed by atoms with Gasteiger partial charge in [-0.2, -0.15) is 5.10 Å². The third-order valence-corrected chi connectivity index (χ3v) is 4.02. The first-order valence-corrected chi connectivity index (χ1v) is 8.13. The molecule has 2 rings (SSSR count). The topological polar surface area (TPSA) is 51.9 Å². The fourth-order valence-corrected chi connectivity index (χ4v) is 2.97. The van der Waals surface area contributed by atoms with Crippen molar-refractivity contribution in [3.63, 3.8) is 0 Å². The highest BCUT2D eigenvalue weighted by Crippen LogP contribution is 2.22. The molecule has 0 aromatic carbocycles. The smallest absolute Gasteiger partial charge is 0.258 e. The Morgan fingerprint density at radius 3 is 2.43 bits per heavy atom. The van der Waals surface area contributed by atoms with Crippen LogP contribution < -0.4 is 5.32 Å². The van der Waals surface area contributed by atoms with E-state index < -0.39 is 0 Å². The van der Waals surface area contributed by atoms with Crippen molar-refractivity contribution in [2.24, 2.45) is 12.5 Å². The number of hydrogen-bond donors (Lipinski definition) is 1. The molecule has 0 aliphatic heterocycles. The van der Waals surface area contributed by atoms with E-state index in [-0.39, 0.29) is 11.3 Å². The van der Waals surface area contributed by atoms with E-state index in [1.807, 2.05) is 33.0 Å². The molecule has 126 valence electrons. The average molecular weight is 316 g/mol. The largest absolute Gasteiger partial charge is 0.349 e. The number of carbonyl (C=O) groups excluding carboxylic acids is 1. The van der Waals surface area contributed by atoms with Crippen LogP contribution in [0.15, 0.2) is 12.1 Å². The van der Waals surface area contributed by atoms with Crippen molar-refractivity contribution in [1.29, 1.82) is 0 Å². The van der Waals surface area contributed by atoms with Gasteiger partial charge in [0.05, 0.1) is 11.3 Å². The molecule has 1 amide bonds. The number of nitrogens with one attached hydrogen (secondary N) is 1. The molecule has 0 spiro atoms. The minimum absolute atomic E-state index is 0.0805. The van der Waals surface area contributed by atoms with E-state index in [0.29, 0.717) is 0 Å². The monoisotopic (exact) mass is 316 g/mol. The maximum atomic E-state index is 12.6. The first-order chi connectivity index (χ1) is 10.6. The zero-order valence-electron chi connectivity index (χ0n) is 15.3. The summed E-state index contributed by atoms with van der Waals surface area (Å²) < 4.78 is 3.88. The lowest BCUT2D eigenvalue weighted by Gasteiger charge is -2.15. The van der Waals surface area contributed by atoms with E-state index in [0.717, 1.165) is 41.4 Å². The van der Waals surface area contributed by atoms with Crippen molar-refractivity contribution in [2.75, 3.05) is 5.32 Å². The zero-order valence-corrected chi connectivity index (χ0v) is 15.3. The van der Waals surface area contributed by atoms with E-state index in [4.69, 9.17) is 0 Å². The first-order valence-electron chi connectivity index (χ1n) is 8.13. The Kier molecular flexibility index (Phi) is 4.68. The number of anilines is 1. The molecule has 0 atom stereocenters. The Labute approximate surface area is 138 Å². The van der Waals surface area contributed by atoms with Gasteiger partial charge >= 0.3 is 0 Å². The van der Waals surface area contributed by atoms with Crippen LogP contribution >= 0.6 is 0 Å².